The van der Waals surface area contributed by atoms with E-state index in [1.54, 1.807) is 89.6 Å². The molecular weight excluding hydrogens is 1410 g/mol. The van der Waals surface area contributed by atoms with Gasteiger partial charge in [0.15, 0.2) is 0 Å². The molecule has 0 fully saturated rings. The van der Waals surface area contributed by atoms with Crippen LogP contribution in [0.5, 0.6) is 40.2 Å². The number of nitrogens with zero attached hydrogens (tertiary/aromatic N) is 11. The Kier molecular flexibility index (Phi) is 26.8. The van der Waals surface area contributed by atoms with Crippen LogP contribution in [-0.4, -0.2) is 95.1 Å². The third kappa shape index (κ3) is 19.8. The molecule has 2 heterocycles. The molecule has 0 saturated carbocycles. The molecule has 0 aliphatic carbocycles. The lowest BCUT2D eigenvalue weighted by Crippen LogP contribution is -2.34. The molecule has 3 amide bonds. The number of nitro groups is 2. The molecule has 0 radical (unpaired) electrons. The van der Waals surface area contributed by atoms with Crippen LogP contribution >= 0.6 is 23.5 Å². The third-order valence-corrected chi connectivity index (χ3v) is 19.6. The maximum Gasteiger partial charge on any atom is 0.311 e. The van der Waals surface area contributed by atoms with Crippen molar-refractivity contribution in [3.05, 3.63) is 254 Å². The van der Waals surface area contributed by atoms with Crippen LogP contribution < -0.4 is 24.8 Å². The number of non-ortho nitro benzene ring substituents is 1. The summed E-state index contributed by atoms with van der Waals surface area (Å²) in [6.45, 7) is 8.20. The summed E-state index contributed by atoms with van der Waals surface area (Å²) in [6.07, 6.45) is 14.9. The van der Waals surface area contributed by atoms with E-state index in [0.717, 1.165) is 42.3 Å². The van der Waals surface area contributed by atoms with Gasteiger partial charge in [0.05, 0.1) is 51.2 Å². The molecule has 2 aromatic heterocycles. The van der Waals surface area contributed by atoms with E-state index < -0.39 is 26.9 Å². The monoisotopic (exact) mass is 1490 g/mol. The van der Waals surface area contributed by atoms with Crippen LogP contribution in [0.4, 0.5) is 27.5 Å². The summed E-state index contributed by atoms with van der Waals surface area (Å²) in [6, 6.07) is 58.1. The average Bonchev–Trinajstić information content (AvgIpc) is 1.02. The molecule has 27 heteroatoms. The lowest BCUT2D eigenvalue weighted by Gasteiger charge is -2.27. The fourth-order valence-electron chi connectivity index (χ4n) is 12.0. The van der Waals surface area contributed by atoms with Gasteiger partial charge >= 0.3 is 5.69 Å². The number of anilines is 2. The Labute approximate surface area is 632 Å². The Hall–Kier alpha value is -12.2. The number of phenolic OH excluding ortho intramolecular Hbond substituents is 2. The fraction of sp³-hybridized carbons (Fsp3) is 0.247. The fourth-order valence-corrected chi connectivity index (χ4v) is 13.7. The minimum absolute atomic E-state index is 0.0148. The predicted molar refractivity (Wildman–Crippen MR) is 417 cm³/mol. The number of phenols is 2. The van der Waals surface area contributed by atoms with E-state index in [2.05, 4.69) is 48.6 Å². The van der Waals surface area contributed by atoms with E-state index in [1.165, 1.54) is 122 Å². The largest absolute Gasteiger partial charge is 0.506 e. The van der Waals surface area contributed by atoms with Crippen molar-refractivity contribution < 1.29 is 48.7 Å². The normalized spacial score (nSPS) is 11.1. The zero-order chi connectivity index (χ0) is 75.9. The minimum Gasteiger partial charge on any atom is -0.506 e. The van der Waals surface area contributed by atoms with Gasteiger partial charge in [-0.05, 0) is 126 Å². The number of benzene rings is 10. The van der Waals surface area contributed by atoms with Gasteiger partial charge in [-0.3, -0.25) is 34.6 Å². The van der Waals surface area contributed by atoms with Crippen LogP contribution in [0.2, 0.25) is 0 Å². The van der Waals surface area contributed by atoms with E-state index in [9.17, 15) is 44.8 Å². The number of unbranched alkanes of at least 4 members (excludes halogenated alkanes) is 11. The Morgan fingerprint density at radius 1 is 0.528 bits per heavy atom. The highest BCUT2D eigenvalue weighted by Crippen LogP contribution is 2.44. The number of rotatable bonds is 33. The molecule has 0 unspecified atom stereocenters. The number of amides is 3. The number of nitro benzene ring substituents is 2. The van der Waals surface area contributed by atoms with E-state index >= 15 is 0 Å². The molecule has 10 aromatic carbocycles. The first-order valence-corrected chi connectivity index (χ1v) is 37.4. The molecular formula is C81H81N13O12S2. The first-order valence-electron chi connectivity index (χ1n) is 35.6. The van der Waals surface area contributed by atoms with Crippen molar-refractivity contribution in [2.75, 3.05) is 17.2 Å². The highest BCUT2D eigenvalue weighted by molar-refractivity contribution is 8.13. The number of hydrogen-bond acceptors (Lipinski definition) is 20. The summed E-state index contributed by atoms with van der Waals surface area (Å²) in [7, 11) is 0. The van der Waals surface area contributed by atoms with Gasteiger partial charge < -0.3 is 40.0 Å². The Balaban J connectivity index is 0.000000229. The standard InChI is InChI=1S/C49H57N7O7S.C32H24N6O5S/c1-4-5-6-7-8-9-10-11-12-13-14-22-31-62-44-28-21-20-27-42(44)50-47(58)41-33-45(39-25-18-19-26-40(39)46(41)57)63-43-30-29-38(56(60)61)32-36(43)34-54(35(2)3)49(59)64-48-51-52-53-55(48)37-23-16-15-17-24-37;1-20-9-5-8-14-26(20)33-31(40)25-18-29(23-12-6-7-13-24(23)30(25)39)43-28-16-15-21(17-27(28)38(41)42)19-44-32-34-35-36-37(32)22-10-3-2-4-11-22/h15-21,23-30,32-33,35,57H,4-14,22,31,34H2,1-3H3,(H,50,58);2-18,39H,19H2,1H3,(H,33,40). The van der Waals surface area contributed by atoms with Crippen LogP contribution in [0.25, 0.3) is 32.9 Å². The number of carbonyl (C=O) groups excluding carboxylic acids is 3. The second-order valence-electron chi connectivity index (χ2n) is 25.7. The number of thioether (sulfide) groups is 2. The van der Waals surface area contributed by atoms with Crippen LogP contribution in [-0.2, 0) is 12.3 Å². The maximum atomic E-state index is 14.0. The van der Waals surface area contributed by atoms with Gasteiger partial charge in [0.25, 0.3) is 22.7 Å². The van der Waals surface area contributed by atoms with Gasteiger partial charge in [0, 0.05) is 74.6 Å². The van der Waals surface area contributed by atoms with Crippen LogP contribution in [0, 0.1) is 27.2 Å². The van der Waals surface area contributed by atoms with Gasteiger partial charge in [0.1, 0.15) is 34.5 Å². The molecule has 0 spiro atoms. The molecule has 0 aliphatic rings. The highest BCUT2D eigenvalue weighted by Gasteiger charge is 2.28. The summed E-state index contributed by atoms with van der Waals surface area (Å²) in [4.78, 5) is 65.9. The Morgan fingerprint density at radius 3 is 1.58 bits per heavy atom. The van der Waals surface area contributed by atoms with Crippen molar-refractivity contribution >= 4 is 84.9 Å². The number of para-hydroxylation sites is 5. The number of tetrazole rings is 2. The first kappa shape index (κ1) is 76.9. The van der Waals surface area contributed by atoms with Crippen LogP contribution in [0.1, 0.15) is 135 Å². The third-order valence-electron chi connectivity index (χ3n) is 17.8. The maximum absolute atomic E-state index is 14.0. The summed E-state index contributed by atoms with van der Waals surface area (Å²) in [5.41, 5.74) is 3.81. The molecule has 4 N–H and O–H groups in total. The number of carbonyl (C=O) groups is 3. The summed E-state index contributed by atoms with van der Waals surface area (Å²) >= 11 is 2.16. The van der Waals surface area contributed by atoms with Crippen molar-refractivity contribution in [2.45, 2.75) is 133 Å². The first-order chi connectivity index (χ1) is 52.5. The summed E-state index contributed by atoms with van der Waals surface area (Å²) in [5, 5.41) is 78.3. The van der Waals surface area contributed by atoms with E-state index in [0.29, 0.717) is 73.0 Å². The van der Waals surface area contributed by atoms with E-state index in [4.69, 9.17) is 14.2 Å². The molecule has 0 atom stereocenters. The van der Waals surface area contributed by atoms with E-state index in [1.807, 2.05) is 99.6 Å². The molecule has 25 nitrogen and oxygen atoms in total. The minimum atomic E-state index is -0.593. The molecule has 12 rings (SSSR count). The number of fused-ring (bicyclic) bond motifs is 2. The number of aromatic nitrogens is 8. The predicted octanol–water partition coefficient (Wildman–Crippen LogP) is 19.8. The highest BCUT2D eigenvalue weighted by atomic mass is 32.2. The Bertz CT molecular complexity index is 5120. The van der Waals surface area contributed by atoms with E-state index in [-0.39, 0.29) is 74.7 Å². The molecule has 0 saturated heterocycles. The zero-order valence-electron chi connectivity index (χ0n) is 60.0. The Morgan fingerprint density at radius 2 is 1.02 bits per heavy atom. The average molecular weight is 1490 g/mol. The molecule has 12 aromatic rings. The second-order valence-corrected chi connectivity index (χ2v) is 27.6. The molecule has 0 aliphatic heterocycles. The van der Waals surface area contributed by atoms with Gasteiger partial charge in [-0.1, -0.05) is 211 Å². The van der Waals surface area contributed by atoms with Crippen LogP contribution in [0.15, 0.2) is 217 Å². The number of nitrogens with one attached hydrogen (secondary N) is 2. The number of aryl methyl sites for hydroxylation is 1. The van der Waals surface area contributed by atoms with Gasteiger partial charge in [0.2, 0.25) is 16.1 Å². The van der Waals surface area contributed by atoms with Gasteiger partial charge in [-0.15, -0.1) is 10.2 Å². The summed E-state index contributed by atoms with van der Waals surface area (Å²) < 4.78 is 21.8. The molecule has 554 valence electrons. The number of aromatic hydroxyl groups is 2. The number of ether oxygens (including phenoxy) is 3. The van der Waals surface area contributed by atoms with Crippen molar-refractivity contribution in [1.29, 1.82) is 0 Å². The smallest absolute Gasteiger partial charge is 0.311 e. The van der Waals surface area contributed by atoms with Crippen molar-refractivity contribution in [1.82, 2.24) is 45.3 Å². The topological polar surface area (TPSA) is 320 Å². The molecule has 108 heavy (non-hydrogen) atoms. The van der Waals surface area contributed by atoms with Gasteiger partial charge in [-0.2, -0.15) is 9.36 Å². The number of hydrogen-bond donors (Lipinski definition) is 4. The van der Waals surface area contributed by atoms with Crippen molar-refractivity contribution in [3.63, 3.8) is 0 Å². The second kappa shape index (κ2) is 37.7. The zero-order valence-corrected chi connectivity index (χ0v) is 61.7. The quantitative estimate of drug-likeness (QED) is 0.0128. The lowest BCUT2D eigenvalue weighted by atomic mass is 10.0. The molecule has 0 bridgehead atoms. The van der Waals surface area contributed by atoms with Crippen LogP contribution in [0.3, 0.4) is 0 Å². The SMILES string of the molecule is CCCCCCCCCCCCCCOc1ccccc1NC(=O)c1cc(Oc2ccc([N+](=O)[O-])cc2CN(C(=O)Sc2nnnn2-c2ccccc2)C(C)C)c2ccccc2c1O.Cc1ccccc1NC(=O)c1cc(Oc2ccc(CSc3nnnn3-c3ccccc3)cc2[N+](=O)[O-])c2ccccc2c1O. The van der Waals surface area contributed by atoms with Gasteiger partial charge in [-0.25, -0.2) is 0 Å². The van der Waals surface area contributed by atoms with Crippen molar-refractivity contribution in [3.8, 4) is 51.6 Å². The lowest BCUT2D eigenvalue weighted by molar-refractivity contribution is -0.385. The van der Waals surface area contributed by atoms with Crippen molar-refractivity contribution in [2.24, 2.45) is 0 Å². The summed E-state index contributed by atoms with van der Waals surface area (Å²) in [5.74, 6) is -0.142.